The van der Waals surface area contributed by atoms with Crippen molar-refractivity contribution in [3.8, 4) is 0 Å². The van der Waals surface area contributed by atoms with Crippen LogP contribution in [-0.4, -0.2) is 66.3 Å². The molecule has 0 aliphatic carbocycles. The molecule has 3 rings (SSSR count). The van der Waals surface area contributed by atoms with Gasteiger partial charge in [0.1, 0.15) is 0 Å². The van der Waals surface area contributed by atoms with Crippen molar-refractivity contribution in [2.45, 2.75) is 51.0 Å². The Labute approximate surface area is 153 Å². The van der Waals surface area contributed by atoms with E-state index in [-0.39, 0.29) is 30.1 Å². The number of nitrogens with one attached hydrogen (secondary N) is 1. The molecule has 3 saturated heterocycles. The predicted molar refractivity (Wildman–Crippen MR) is 92.9 cm³/mol. The van der Waals surface area contributed by atoms with Gasteiger partial charge in [-0.25, -0.2) is 8.78 Å². The summed E-state index contributed by atoms with van der Waals surface area (Å²) in [7, 11) is 0. The fraction of sp³-hybridized carbons (Fsp3) is 0.882. The predicted octanol–water partition coefficient (Wildman–Crippen LogP) is 1.90. The highest BCUT2D eigenvalue weighted by Crippen LogP contribution is 2.28. The van der Waals surface area contributed by atoms with E-state index in [0.29, 0.717) is 31.8 Å². The number of rotatable bonds is 2. The molecule has 3 heterocycles. The maximum atomic E-state index is 13.2. The standard InChI is InChI=1S/C17H27F2N3O2.ClH/c1-12-2-6-21(7-3-12)15(23)13-4-8-22(9-5-13)16(24)14-10-17(18,19)11-20-14;/h12-14,20H,2-11H2,1H3;1H. The van der Waals surface area contributed by atoms with Gasteiger partial charge in [0.15, 0.2) is 0 Å². The van der Waals surface area contributed by atoms with E-state index in [1.165, 1.54) is 0 Å². The summed E-state index contributed by atoms with van der Waals surface area (Å²) in [5.41, 5.74) is 0. The Morgan fingerprint density at radius 3 is 2.00 bits per heavy atom. The molecule has 3 aliphatic heterocycles. The molecular weight excluding hydrogens is 352 g/mol. The summed E-state index contributed by atoms with van der Waals surface area (Å²) in [4.78, 5) is 28.5. The van der Waals surface area contributed by atoms with Crippen molar-refractivity contribution in [3.05, 3.63) is 0 Å². The number of nitrogens with zero attached hydrogens (tertiary/aromatic N) is 2. The Hall–Kier alpha value is -0.950. The van der Waals surface area contributed by atoms with Crippen molar-refractivity contribution >= 4 is 24.2 Å². The van der Waals surface area contributed by atoms with Crippen molar-refractivity contribution in [3.63, 3.8) is 0 Å². The number of piperidine rings is 2. The van der Waals surface area contributed by atoms with E-state index in [1.54, 1.807) is 4.90 Å². The first-order chi connectivity index (χ1) is 11.4. The molecule has 0 aromatic rings. The second kappa shape index (κ2) is 8.16. The van der Waals surface area contributed by atoms with E-state index in [2.05, 4.69) is 12.2 Å². The molecule has 0 saturated carbocycles. The average molecular weight is 380 g/mol. The average Bonchev–Trinajstić information content (AvgIpc) is 2.94. The maximum absolute atomic E-state index is 13.2. The highest BCUT2D eigenvalue weighted by Gasteiger charge is 2.44. The van der Waals surface area contributed by atoms with Gasteiger partial charge in [0.2, 0.25) is 11.8 Å². The highest BCUT2D eigenvalue weighted by atomic mass is 35.5. The number of carbonyl (C=O) groups excluding carboxylic acids is 2. The number of hydrogen-bond acceptors (Lipinski definition) is 3. The summed E-state index contributed by atoms with van der Waals surface area (Å²) in [6.07, 6.45) is 2.98. The second-order valence-electron chi connectivity index (χ2n) is 7.60. The van der Waals surface area contributed by atoms with Crippen molar-refractivity contribution in [1.82, 2.24) is 15.1 Å². The monoisotopic (exact) mass is 379 g/mol. The summed E-state index contributed by atoms with van der Waals surface area (Å²) < 4.78 is 26.5. The minimum atomic E-state index is -2.79. The molecule has 0 aromatic heterocycles. The van der Waals surface area contributed by atoms with Crippen molar-refractivity contribution in [1.29, 1.82) is 0 Å². The van der Waals surface area contributed by atoms with Gasteiger partial charge in [-0.05, 0) is 31.6 Å². The van der Waals surface area contributed by atoms with Gasteiger partial charge >= 0.3 is 0 Å². The lowest BCUT2D eigenvalue weighted by Gasteiger charge is -2.37. The number of carbonyl (C=O) groups is 2. The van der Waals surface area contributed by atoms with Gasteiger partial charge in [-0.1, -0.05) is 6.92 Å². The first-order valence-corrected chi connectivity index (χ1v) is 9.04. The summed E-state index contributed by atoms with van der Waals surface area (Å²) in [6.45, 7) is 4.44. The Kier molecular flexibility index (Phi) is 6.65. The molecule has 2 amide bonds. The molecule has 0 bridgehead atoms. The normalized spacial score (nSPS) is 27.9. The lowest BCUT2D eigenvalue weighted by molar-refractivity contribution is -0.142. The van der Waals surface area contributed by atoms with Crippen LogP contribution in [0.3, 0.4) is 0 Å². The Bertz CT molecular complexity index is 490. The lowest BCUT2D eigenvalue weighted by atomic mass is 9.92. The minimum Gasteiger partial charge on any atom is -0.342 e. The maximum Gasteiger partial charge on any atom is 0.262 e. The number of likely N-dealkylation sites (tertiary alicyclic amines) is 2. The third-order valence-corrected chi connectivity index (χ3v) is 5.66. The van der Waals surface area contributed by atoms with Crippen LogP contribution in [0.2, 0.25) is 0 Å². The van der Waals surface area contributed by atoms with Gasteiger partial charge in [0.25, 0.3) is 5.92 Å². The Balaban J connectivity index is 0.00000225. The molecule has 1 atom stereocenters. The lowest BCUT2D eigenvalue weighted by Crippen LogP contribution is -2.50. The summed E-state index contributed by atoms with van der Waals surface area (Å²) >= 11 is 0. The van der Waals surface area contributed by atoms with Crippen LogP contribution in [0, 0.1) is 11.8 Å². The number of hydrogen-bond donors (Lipinski definition) is 1. The van der Waals surface area contributed by atoms with Crippen molar-refractivity contribution < 1.29 is 18.4 Å². The zero-order chi connectivity index (χ0) is 17.3. The van der Waals surface area contributed by atoms with Gasteiger partial charge in [0, 0.05) is 38.5 Å². The van der Waals surface area contributed by atoms with Gasteiger partial charge in [-0.3, -0.25) is 14.9 Å². The molecule has 3 fully saturated rings. The molecule has 3 aliphatic rings. The van der Waals surface area contributed by atoms with Crippen molar-refractivity contribution in [2.75, 3.05) is 32.7 Å². The van der Waals surface area contributed by atoms with Crippen LogP contribution in [-0.2, 0) is 9.59 Å². The Morgan fingerprint density at radius 2 is 1.48 bits per heavy atom. The first kappa shape index (κ1) is 20.4. The second-order valence-corrected chi connectivity index (χ2v) is 7.60. The quantitative estimate of drug-likeness (QED) is 0.797. The fourth-order valence-corrected chi connectivity index (χ4v) is 3.94. The van der Waals surface area contributed by atoms with Gasteiger partial charge in [0.05, 0.1) is 12.6 Å². The van der Waals surface area contributed by atoms with Crippen LogP contribution in [0.15, 0.2) is 0 Å². The van der Waals surface area contributed by atoms with Crippen LogP contribution in [0.25, 0.3) is 0 Å². The van der Waals surface area contributed by atoms with Crippen molar-refractivity contribution in [2.24, 2.45) is 11.8 Å². The Morgan fingerprint density at radius 1 is 0.960 bits per heavy atom. The molecule has 25 heavy (non-hydrogen) atoms. The third-order valence-electron chi connectivity index (χ3n) is 5.66. The molecule has 0 aromatic carbocycles. The number of halogens is 3. The molecular formula is C17H28ClF2N3O2. The van der Waals surface area contributed by atoms with E-state index in [9.17, 15) is 18.4 Å². The zero-order valence-corrected chi connectivity index (χ0v) is 15.5. The molecule has 8 heteroatoms. The minimum absolute atomic E-state index is 0. The van der Waals surface area contributed by atoms with Gasteiger partial charge < -0.3 is 9.80 Å². The summed E-state index contributed by atoms with van der Waals surface area (Å²) in [5, 5.41) is 2.62. The molecule has 5 nitrogen and oxygen atoms in total. The van der Waals surface area contributed by atoms with Crippen LogP contribution < -0.4 is 5.32 Å². The van der Waals surface area contributed by atoms with E-state index in [4.69, 9.17) is 0 Å². The smallest absolute Gasteiger partial charge is 0.262 e. The van der Waals surface area contributed by atoms with E-state index in [1.807, 2.05) is 4.90 Å². The van der Waals surface area contributed by atoms with Gasteiger partial charge in [-0.15, -0.1) is 12.4 Å². The molecule has 0 radical (unpaired) electrons. The van der Waals surface area contributed by atoms with Crippen LogP contribution >= 0.6 is 12.4 Å². The van der Waals surface area contributed by atoms with Crippen LogP contribution in [0.4, 0.5) is 8.78 Å². The largest absolute Gasteiger partial charge is 0.342 e. The van der Waals surface area contributed by atoms with Crippen LogP contribution in [0.1, 0.15) is 39.0 Å². The molecule has 1 unspecified atom stereocenters. The summed E-state index contributed by atoms with van der Waals surface area (Å²) in [5.74, 6) is -2.17. The fourth-order valence-electron chi connectivity index (χ4n) is 3.94. The summed E-state index contributed by atoms with van der Waals surface area (Å²) in [6, 6.07) is -0.782. The number of amides is 2. The van der Waals surface area contributed by atoms with E-state index in [0.717, 1.165) is 25.9 Å². The first-order valence-electron chi connectivity index (χ1n) is 9.04. The molecule has 0 spiro atoms. The molecule has 1 N–H and O–H groups in total. The number of alkyl halides is 2. The highest BCUT2D eigenvalue weighted by molar-refractivity contribution is 5.85. The van der Waals surface area contributed by atoms with Gasteiger partial charge in [-0.2, -0.15) is 0 Å². The third kappa shape index (κ3) is 4.82. The van der Waals surface area contributed by atoms with E-state index >= 15 is 0 Å². The topological polar surface area (TPSA) is 52.7 Å². The van der Waals surface area contributed by atoms with Crippen LogP contribution in [0.5, 0.6) is 0 Å². The zero-order valence-electron chi connectivity index (χ0n) is 14.7. The SMILES string of the molecule is CC1CCN(C(=O)C2CCN(C(=O)C3CC(F)(F)CN3)CC2)CC1.Cl. The molecule has 144 valence electrons. The van der Waals surface area contributed by atoms with E-state index < -0.39 is 24.9 Å².